The first-order chi connectivity index (χ1) is 13.8. The van der Waals surface area contributed by atoms with E-state index in [0.717, 1.165) is 6.07 Å². The number of benzene rings is 2. The lowest BCUT2D eigenvalue weighted by Gasteiger charge is -2.15. The molecule has 2 rings (SSSR count). The molecule has 0 fully saturated rings. The Morgan fingerprint density at radius 1 is 1.10 bits per heavy atom. The molecule has 29 heavy (non-hydrogen) atoms. The van der Waals surface area contributed by atoms with Crippen LogP contribution in [0, 0.1) is 17.5 Å². The maximum Gasteiger partial charge on any atom is 0.338 e. The fraction of sp³-hybridized carbons (Fsp3) is 0.300. The highest BCUT2D eigenvalue weighted by atomic mass is 19.2. The van der Waals surface area contributed by atoms with E-state index in [4.69, 9.17) is 14.2 Å². The van der Waals surface area contributed by atoms with E-state index in [0.29, 0.717) is 24.0 Å². The molecule has 6 nitrogen and oxygen atoms in total. The number of hydrogen-bond donors (Lipinski definition) is 1. The van der Waals surface area contributed by atoms with Crippen LogP contribution in [0.2, 0.25) is 0 Å². The van der Waals surface area contributed by atoms with E-state index in [-0.39, 0.29) is 12.2 Å². The van der Waals surface area contributed by atoms with Crippen LogP contribution >= 0.6 is 0 Å². The molecule has 1 amide bonds. The second-order valence-corrected chi connectivity index (χ2v) is 5.92. The molecule has 0 radical (unpaired) electrons. The van der Waals surface area contributed by atoms with Crippen LogP contribution in [0.1, 0.15) is 29.8 Å². The molecule has 9 heteroatoms. The number of ether oxygens (including phenoxy) is 3. The number of rotatable bonds is 8. The van der Waals surface area contributed by atoms with E-state index >= 15 is 0 Å². The van der Waals surface area contributed by atoms with Crippen LogP contribution in [0.3, 0.4) is 0 Å². The van der Waals surface area contributed by atoms with E-state index in [9.17, 15) is 22.8 Å². The predicted molar refractivity (Wildman–Crippen MR) is 98.1 cm³/mol. The molecular formula is C20H20F3NO5. The van der Waals surface area contributed by atoms with Crippen molar-refractivity contribution in [3.05, 3.63) is 58.9 Å². The normalized spacial score (nSPS) is 11.7. The van der Waals surface area contributed by atoms with Crippen LogP contribution < -0.4 is 10.1 Å². The predicted octanol–water partition coefficient (Wildman–Crippen LogP) is 3.83. The van der Waals surface area contributed by atoms with Gasteiger partial charge in [0, 0.05) is 12.2 Å². The van der Waals surface area contributed by atoms with Crippen LogP contribution in [0.25, 0.3) is 0 Å². The summed E-state index contributed by atoms with van der Waals surface area (Å²) in [6.07, 6.45) is -1.33. The summed E-state index contributed by atoms with van der Waals surface area (Å²) in [5.41, 5.74) is 0.198. The Kier molecular flexibility index (Phi) is 7.60. The molecule has 0 unspecified atom stereocenters. The Bertz CT molecular complexity index is 904. The summed E-state index contributed by atoms with van der Waals surface area (Å²) in [6, 6.07) is 6.06. The minimum atomic E-state index is -1.72. The number of anilines is 1. The molecule has 0 saturated carbocycles. The summed E-state index contributed by atoms with van der Waals surface area (Å²) in [6.45, 7) is 3.76. The van der Waals surface area contributed by atoms with Gasteiger partial charge in [-0.3, -0.25) is 4.79 Å². The van der Waals surface area contributed by atoms with Crippen molar-refractivity contribution in [3.8, 4) is 5.75 Å². The zero-order valence-electron chi connectivity index (χ0n) is 16.1. The van der Waals surface area contributed by atoms with Crippen molar-refractivity contribution in [2.45, 2.75) is 26.6 Å². The first-order valence-corrected chi connectivity index (χ1v) is 8.68. The quantitative estimate of drug-likeness (QED) is 0.528. The van der Waals surface area contributed by atoms with Gasteiger partial charge in [0.05, 0.1) is 25.0 Å². The van der Waals surface area contributed by atoms with Crippen LogP contribution in [0.5, 0.6) is 5.75 Å². The van der Waals surface area contributed by atoms with Crippen LogP contribution in [-0.2, 0) is 20.9 Å². The molecule has 156 valence electrons. The molecule has 0 aliphatic rings. The molecular weight excluding hydrogens is 391 g/mol. The Morgan fingerprint density at radius 2 is 1.83 bits per heavy atom. The van der Waals surface area contributed by atoms with Crippen molar-refractivity contribution < 1.29 is 37.0 Å². The van der Waals surface area contributed by atoms with Crippen molar-refractivity contribution in [3.63, 3.8) is 0 Å². The van der Waals surface area contributed by atoms with Gasteiger partial charge in [0.2, 0.25) is 0 Å². The third kappa shape index (κ3) is 5.47. The summed E-state index contributed by atoms with van der Waals surface area (Å²) >= 11 is 0. The molecule has 2 aromatic carbocycles. The maximum atomic E-state index is 13.7. The number of esters is 1. The first-order valence-electron chi connectivity index (χ1n) is 8.68. The highest BCUT2D eigenvalue weighted by Crippen LogP contribution is 2.22. The number of carbonyl (C=O) groups is 2. The van der Waals surface area contributed by atoms with E-state index in [1.165, 1.54) is 26.2 Å². The third-order valence-corrected chi connectivity index (χ3v) is 3.92. The van der Waals surface area contributed by atoms with Gasteiger partial charge in [0.1, 0.15) is 5.75 Å². The van der Waals surface area contributed by atoms with E-state index in [2.05, 4.69) is 5.32 Å². The molecule has 1 atom stereocenters. The summed E-state index contributed by atoms with van der Waals surface area (Å²) in [4.78, 5) is 24.5. The number of amides is 1. The first kappa shape index (κ1) is 22.2. The number of nitrogens with one attached hydrogen (secondary N) is 1. The minimum absolute atomic E-state index is 0.152. The molecule has 0 saturated heterocycles. The lowest BCUT2D eigenvalue weighted by atomic mass is 10.1. The Hall–Kier alpha value is -3.07. The van der Waals surface area contributed by atoms with Gasteiger partial charge in [0.15, 0.2) is 23.6 Å². The van der Waals surface area contributed by atoms with Crippen LogP contribution in [-0.4, -0.2) is 31.7 Å². The Balaban J connectivity index is 2.08. The average molecular weight is 411 g/mol. The topological polar surface area (TPSA) is 73.9 Å². The highest BCUT2D eigenvalue weighted by molar-refractivity contribution is 5.97. The van der Waals surface area contributed by atoms with Gasteiger partial charge in [-0.15, -0.1) is 0 Å². The summed E-state index contributed by atoms with van der Waals surface area (Å²) in [5.74, 6) is -5.85. The highest BCUT2D eigenvalue weighted by Gasteiger charge is 2.22. The standard InChI is InChI=1S/C20H20F3NO5/c1-4-28-10-13-9-12(5-8-16(13)27-3)20(26)29-11(2)19(25)24-15-7-6-14(21)17(22)18(15)23/h5-9,11H,4,10H2,1-3H3,(H,24,25)/t11-/m0/s1. The lowest BCUT2D eigenvalue weighted by molar-refractivity contribution is -0.123. The molecule has 0 aromatic heterocycles. The molecule has 1 N–H and O–H groups in total. The fourth-order valence-electron chi connectivity index (χ4n) is 2.37. The zero-order chi connectivity index (χ0) is 21.6. The van der Waals surface area contributed by atoms with Gasteiger partial charge in [-0.05, 0) is 44.2 Å². The molecule has 2 aromatic rings. The zero-order valence-corrected chi connectivity index (χ0v) is 16.1. The number of hydrogen-bond acceptors (Lipinski definition) is 5. The Labute approximate surface area is 165 Å². The van der Waals surface area contributed by atoms with Gasteiger partial charge in [0.25, 0.3) is 5.91 Å². The molecule has 0 spiro atoms. The summed E-state index contributed by atoms with van der Waals surface area (Å²) in [7, 11) is 1.48. The number of methoxy groups -OCH3 is 1. The monoisotopic (exact) mass is 411 g/mol. The Morgan fingerprint density at radius 3 is 2.48 bits per heavy atom. The van der Waals surface area contributed by atoms with Crippen LogP contribution in [0.4, 0.5) is 18.9 Å². The van der Waals surface area contributed by atoms with Crippen molar-refractivity contribution in [2.24, 2.45) is 0 Å². The summed E-state index contributed by atoms with van der Waals surface area (Å²) in [5, 5.41) is 2.05. The fourth-order valence-corrected chi connectivity index (χ4v) is 2.37. The second kappa shape index (κ2) is 9.92. The van der Waals surface area contributed by atoms with Crippen molar-refractivity contribution >= 4 is 17.6 Å². The SMILES string of the molecule is CCOCc1cc(C(=O)O[C@@H](C)C(=O)Nc2ccc(F)c(F)c2F)ccc1OC. The smallest absolute Gasteiger partial charge is 0.338 e. The van der Waals surface area contributed by atoms with Gasteiger partial charge in [-0.1, -0.05) is 0 Å². The van der Waals surface area contributed by atoms with E-state index < -0.39 is 41.1 Å². The molecule has 0 aliphatic carbocycles. The van der Waals surface area contributed by atoms with Crippen molar-refractivity contribution in [1.29, 1.82) is 0 Å². The van der Waals surface area contributed by atoms with Gasteiger partial charge < -0.3 is 19.5 Å². The van der Waals surface area contributed by atoms with Crippen LogP contribution in [0.15, 0.2) is 30.3 Å². The molecule has 0 bridgehead atoms. The molecule has 0 heterocycles. The average Bonchev–Trinajstić information content (AvgIpc) is 2.72. The largest absolute Gasteiger partial charge is 0.496 e. The second-order valence-electron chi connectivity index (χ2n) is 5.92. The van der Waals surface area contributed by atoms with Crippen molar-refractivity contribution in [2.75, 3.05) is 19.0 Å². The third-order valence-electron chi connectivity index (χ3n) is 3.92. The minimum Gasteiger partial charge on any atom is -0.496 e. The summed E-state index contributed by atoms with van der Waals surface area (Å²) < 4.78 is 55.5. The number of halogens is 3. The lowest BCUT2D eigenvalue weighted by Crippen LogP contribution is -2.30. The van der Waals surface area contributed by atoms with E-state index in [1.54, 1.807) is 6.07 Å². The van der Waals surface area contributed by atoms with Gasteiger partial charge >= 0.3 is 5.97 Å². The maximum absolute atomic E-state index is 13.7. The number of carbonyl (C=O) groups excluding carboxylic acids is 2. The molecule has 0 aliphatic heterocycles. The van der Waals surface area contributed by atoms with Gasteiger partial charge in [-0.25, -0.2) is 18.0 Å². The van der Waals surface area contributed by atoms with Crippen molar-refractivity contribution in [1.82, 2.24) is 0 Å². The van der Waals surface area contributed by atoms with Gasteiger partial charge in [-0.2, -0.15) is 0 Å². The van der Waals surface area contributed by atoms with E-state index in [1.807, 2.05) is 6.92 Å².